The molecule has 0 saturated heterocycles. The summed E-state index contributed by atoms with van der Waals surface area (Å²) in [6.07, 6.45) is 7.58. The second kappa shape index (κ2) is 12.0. The Bertz CT molecular complexity index is 1110. The van der Waals surface area contributed by atoms with Crippen LogP contribution in [0, 0.1) is 0 Å². The molecule has 0 fully saturated rings. The van der Waals surface area contributed by atoms with E-state index in [1.165, 1.54) is 16.7 Å². The Kier molecular flexibility index (Phi) is 8.28. The van der Waals surface area contributed by atoms with Gasteiger partial charge in [0.15, 0.2) is 0 Å². The van der Waals surface area contributed by atoms with Crippen LogP contribution in [0.3, 0.4) is 0 Å². The third-order valence-corrected chi connectivity index (χ3v) is 6.36. The highest BCUT2D eigenvalue weighted by Gasteiger charge is 2.22. The summed E-state index contributed by atoms with van der Waals surface area (Å²) in [6, 6.07) is 28.3. The number of rotatable bonds is 9. The van der Waals surface area contributed by atoms with Gasteiger partial charge in [-0.05, 0) is 54.0 Å². The standard InChI is InChI=1S/C30H32N2O2/c33-29(31-28-17-9-15-26-14-7-8-16-27(26)28)21-23-32(22-20-25-12-5-2-6-13-25)30(34)19-18-24-10-3-1-4-11-24/h1-8,10-14,16,18-19,28H,9,15,17,20-23H2,(H,31,33)/b19-18+. The zero-order chi connectivity index (χ0) is 23.6. The molecule has 4 heteroatoms. The third kappa shape index (κ3) is 6.67. The fraction of sp³-hybridized carbons (Fsp3) is 0.267. The molecule has 0 spiro atoms. The average Bonchev–Trinajstić information content (AvgIpc) is 2.89. The first kappa shape index (κ1) is 23.5. The molecule has 1 N–H and O–H groups in total. The molecule has 4 nitrogen and oxygen atoms in total. The minimum Gasteiger partial charge on any atom is -0.349 e. The minimum atomic E-state index is -0.0735. The zero-order valence-electron chi connectivity index (χ0n) is 19.5. The quantitative estimate of drug-likeness (QED) is 0.445. The lowest BCUT2D eigenvalue weighted by atomic mass is 9.87. The number of aryl methyl sites for hydroxylation is 1. The van der Waals surface area contributed by atoms with Crippen molar-refractivity contribution in [3.63, 3.8) is 0 Å². The highest BCUT2D eigenvalue weighted by molar-refractivity contribution is 5.92. The average molecular weight is 453 g/mol. The first-order valence-electron chi connectivity index (χ1n) is 12.1. The van der Waals surface area contributed by atoms with Gasteiger partial charge in [-0.15, -0.1) is 0 Å². The van der Waals surface area contributed by atoms with Crippen LogP contribution in [-0.2, 0) is 22.4 Å². The Morgan fingerprint density at radius 2 is 1.59 bits per heavy atom. The van der Waals surface area contributed by atoms with E-state index in [1.54, 1.807) is 11.0 Å². The van der Waals surface area contributed by atoms with Crippen LogP contribution in [0.5, 0.6) is 0 Å². The van der Waals surface area contributed by atoms with Gasteiger partial charge in [-0.25, -0.2) is 0 Å². The van der Waals surface area contributed by atoms with Crippen molar-refractivity contribution in [3.05, 3.63) is 113 Å². The highest BCUT2D eigenvalue weighted by Crippen LogP contribution is 2.29. The van der Waals surface area contributed by atoms with Crippen LogP contribution >= 0.6 is 0 Å². The van der Waals surface area contributed by atoms with E-state index in [0.29, 0.717) is 19.5 Å². The minimum absolute atomic E-state index is 0.00810. The highest BCUT2D eigenvalue weighted by atomic mass is 16.2. The summed E-state index contributed by atoms with van der Waals surface area (Å²) in [7, 11) is 0. The number of hydrogen-bond acceptors (Lipinski definition) is 2. The molecule has 0 heterocycles. The van der Waals surface area contributed by atoms with Gasteiger partial charge in [-0.3, -0.25) is 9.59 Å². The fourth-order valence-electron chi connectivity index (χ4n) is 4.48. The summed E-state index contributed by atoms with van der Waals surface area (Å²) >= 11 is 0. The molecule has 4 rings (SSSR count). The predicted molar refractivity (Wildman–Crippen MR) is 137 cm³/mol. The molecule has 0 bridgehead atoms. The summed E-state index contributed by atoms with van der Waals surface area (Å²) in [5.41, 5.74) is 4.71. The third-order valence-electron chi connectivity index (χ3n) is 6.36. The predicted octanol–water partition coefficient (Wildman–Crippen LogP) is 5.36. The second-order valence-electron chi connectivity index (χ2n) is 8.77. The first-order valence-corrected chi connectivity index (χ1v) is 12.1. The molecule has 1 atom stereocenters. The van der Waals surface area contributed by atoms with Gasteiger partial charge in [0.2, 0.25) is 11.8 Å². The van der Waals surface area contributed by atoms with Gasteiger partial charge in [-0.1, -0.05) is 84.9 Å². The molecular formula is C30H32N2O2. The molecule has 174 valence electrons. The molecule has 1 aliphatic rings. The van der Waals surface area contributed by atoms with E-state index in [-0.39, 0.29) is 17.9 Å². The van der Waals surface area contributed by atoms with Crippen LogP contribution in [-0.4, -0.2) is 29.8 Å². The van der Waals surface area contributed by atoms with Crippen LogP contribution < -0.4 is 5.32 Å². The number of amides is 2. The van der Waals surface area contributed by atoms with Gasteiger partial charge in [0.25, 0.3) is 0 Å². The summed E-state index contributed by atoms with van der Waals surface area (Å²) in [5, 5.41) is 3.21. The van der Waals surface area contributed by atoms with Crippen LogP contribution in [0.1, 0.15) is 47.6 Å². The molecule has 0 aliphatic heterocycles. The molecule has 0 saturated carbocycles. The van der Waals surface area contributed by atoms with E-state index in [2.05, 4.69) is 35.6 Å². The van der Waals surface area contributed by atoms with E-state index in [9.17, 15) is 9.59 Å². The first-order chi connectivity index (χ1) is 16.7. The maximum absolute atomic E-state index is 13.0. The normalized spacial score (nSPS) is 15.0. The second-order valence-corrected chi connectivity index (χ2v) is 8.77. The van der Waals surface area contributed by atoms with Gasteiger partial charge < -0.3 is 10.2 Å². The number of nitrogens with zero attached hydrogens (tertiary/aromatic N) is 1. The number of fused-ring (bicyclic) bond motifs is 1. The molecule has 1 unspecified atom stereocenters. The van der Waals surface area contributed by atoms with Gasteiger partial charge >= 0.3 is 0 Å². The topological polar surface area (TPSA) is 49.4 Å². The van der Waals surface area contributed by atoms with Crippen molar-refractivity contribution in [1.82, 2.24) is 10.2 Å². The number of nitrogens with one attached hydrogen (secondary N) is 1. The van der Waals surface area contributed by atoms with E-state index in [0.717, 1.165) is 31.2 Å². The smallest absolute Gasteiger partial charge is 0.246 e. The molecular weight excluding hydrogens is 420 g/mol. The Morgan fingerprint density at radius 3 is 2.38 bits per heavy atom. The Morgan fingerprint density at radius 1 is 0.882 bits per heavy atom. The van der Waals surface area contributed by atoms with Crippen molar-refractivity contribution in [2.45, 2.75) is 38.1 Å². The van der Waals surface area contributed by atoms with Crippen molar-refractivity contribution in [2.24, 2.45) is 0 Å². The van der Waals surface area contributed by atoms with E-state index in [4.69, 9.17) is 0 Å². The largest absolute Gasteiger partial charge is 0.349 e. The monoisotopic (exact) mass is 452 g/mol. The van der Waals surface area contributed by atoms with Gasteiger partial charge in [-0.2, -0.15) is 0 Å². The van der Waals surface area contributed by atoms with Crippen molar-refractivity contribution < 1.29 is 9.59 Å². The maximum Gasteiger partial charge on any atom is 0.246 e. The molecule has 0 radical (unpaired) electrons. The Labute approximate surface area is 202 Å². The number of hydrogen-bond donors (Lipinski definition) is 1. The fourth-order valence-corrected chi connectivity index (χ4v) is 4.48. The maximum atomic E-state index is 13.0. The van der Waals surface area contributed by atoms with Crippen molar-refractivity contribution in [3.8, 4) is 0 Å². The van der Waals surface area contributed by atoms with Crippen LogP contribution in [0.4, 0.5) is 0 Å². The summed E-state index contributed by atoms with van der Waals surface area (Å²) < 4.78 is 0. The van der Waals surface area contributed by atoms with Crippen molar-refractivity contribution in [2.75, 3.05) is 13.1 Å². The number of benzene rings is 3. The summed E-state index contributed by atoms with van der Waals surface area (Å²) in [5.74, 6) is -0.0816. The SMILES string of the molecule is O=C(CCN(CCc1ccccc1)C(=O)/C=C/c1ccccc1)NC1CCCc2ccccc21. The van der Waals surface area contributed by atoms with Crippen molar-refractivity contribution >= 4 is 17.9 Å². The van der Waals surface area contributed by atoms with Crippen LogP contribution in [0.25, 0.3) is 6.08 Å². The van der Waals surface area contributed by atoms with Crippen LogP contribution in [0.2, 0.25) is 0 Å². The Hall–Kier alpha value is -3.66. The molecule has 1 aliphatic carbocycles. The molecule has 3 aromatic rings. The number of carbonyl (C=O) groups is 2. The molecule has 34 heavy (non-hydrogen) atoms. The van der Waals surface area contributed by atoms with Crippen LogP contribution in [0.15, 0.2) is 91.0 Å². The molecule has 0 aromatic heterocycles. The van der Waals surface area contributed by atoms with E-state index >= 15 is 0 Å². The lowest BCUT2D eigenvalue weighted by molar-refractivity contribution is -0.127. The lowest BCUT2D eigenvalue weighted by Gasteiger charge is -2.27. The molecule has 3 aromatic carbocycles. The lowest BCUT2D eigenvalue weighted by Crippen LogP contribution is -2.37. The molecule has 2 amide bonds. The summed E-state index contributed by atoms with van der Waals surface area (Å²) in [6.45, 7) is 0.965. The van der Waals surface area contributed by atoms with Gasteiger partial charge in [0, 0.05) is 25.6 Å². The Balaban J connectivity index is 1.37. The van der Waals surface area contributed by atoms with E-state index < -0.39 is 0 Å². The summed E-state index contributed by atoms with van der Waals surface area (Å²) in [4.78, 5) is 27.6. The van der Waals surface area contributed by atoms with E-state index in [1.807, 2.05) is 60.7 Å². The zero-order valence-corrected chi connectivity index (χ0v) is 19.5. The van der Waals surface area contributed by atoms with Crippen molar-refractivity contribution in [1.29, 1.82) is 0 Å². The number of carbonyl (C=O) groups excluding carboxylic acids is 2. The van der Waals surface area contributed by atoms with Gasteiger partial charge in [0.1, 0.15) is 0 Å². The van der Waals surface area contributed by atoms with Gasteiger partial charge in [0.05, 0.1) is 6.04 Å².